The fraction of sp³-hybridized carbons (Fsp3) is 0.526. The Labute approximate surface area is 147 Å². The zero-order chi connectivity index (χ0) is 18.2. The van der Waals surface area contributed by atoms with E-state index >= 15 is 0 Å². The van der Waals surface area contributed by atoms with Crippen LogP contribution >= 0.6 is 0 Å². The zero-order valence-electron chi connectivity index (χ0n) is 14.9. The van der Waals surface area contributed by atoms with Gasteiger partial charge < -0.3 is 14.4 Å². The SMILES string of the molecule is COc1ccc(C(C)(CC#N)C(=O)O)c2c1nc(C1CCCC1)n2C. The molecular weight excluding hydrogens is 318 g/mol. The van der Waals surface area contributed by atoms with Gasteiger partial charge in [0.15, 0.2) is 0 Å². The Morgan fingerprint density at radius 2 is 2.16 bits per heavy atom. The van der Waals surface area contributed by atoms with Gasteiger partial charge in [0.1, 0.15) is 22.5 Å². The van der Waals surface area contributed by atoms with Gasteiger partial charge >= 0.3 is 5.97 Å². The van der Waals surface area contributed by atoms with Crippen molar-refractivity contribution in [3.8, 4) is 11.8 Å². The molecule has 132 valence electrons. The molecular formula is C19H23N3O3. The first kappa shape index (κ1) is 17.3. The Morgan fingerprint density at radius 1 is 1.48 bits per heavy atom. The molecule has 1 unspecified atom stereocenters. The molecule has 0 spiro atoms. The molecule has 1 aromatic carbocycles. The normalized spacial score (nSPS) is 17.4. The van der Waals surface area contributed by atoms with Crippen molar-refractivity contribution in [1.29, 1.82) is 5.26 Å². The second-order valence-electron chi connectivity index (χ2n) is 7.00. The highest BCUT2D eigenvalue weighted by atomic mass is 16.5. The molecule has 1 heterocycles. The van der Waals surface area contributed by atoms with Gasteiger partial charge in [-0.2, -0.15) is 5.26 Å². The first-order valence-corrected chi connectivity index (χ1v) is 8.58. The van der Waals surface area contributed by atoms with Crippen molar-refractivity contribution < 1.29 is 14.6 Å². The quantitative estimate of drug-likeness (QED) is 0.899. The molecule has 1 saturated carbocycles. The maximum Gasteiger partial charge on any atom is 0.314 e. The smallest absolute Gasteiger partial charge is 0.314 e. The van der Waals surface area contributed by atoms with E-state index in [1.165, 1.54) is 12.8 Å². The minimum Gasteiger partial charge on any atom is -0.494 e. The van der Waals surface area contributed by atoms with E-state index in [1.54, 1.807) is 26.2 Å². The molecule has 3 rings (SSSR count). The molecule has 0 aliphatic heterocycles. The number of carboxylic acid groups (broad SMARTS) is 1. The number of aliphatic carboxylic acids is 1. The van der Waals surface area contributed by atoms with Crippen LogP contribution in [-0.2, 0) is 17.3 Å². The Hall–Kier alpha value is -2.55. The fourth-order valence-corrected chi connectivity index (χ4v) is 3.92. The van der Waals surface area contributed by atoms with Gasteiger partial charge in [-0.25, -0.2) is 4.98 Å². The van der Waals surface area contributed by atoms with Crippen molar-refractivity contribution in [2.75, 3.05) is 7.11 Å². The van der Waals surface area contributed by atoms with Gasteiger partial charge in [-0.15, -0.1) is 0 Å². The molecule has 25 heavy (non-hydrogen) atoms. The molecule has 1 N–H and O–H groups in total. The Bertz CT molecular complexity index is 859. The lowest BCUT2D eigenvalue weighted by atomic mass is 9.79. The summed E-state index contributed by atoms with van der Waals surface area (Å²) >= 11 is 0. The zero-order valence-corrected chi connectivity index (χ0v) is 14.9. The molecule has 1 fully saturated rings. The van der Waals surface area contributed by atoms with Crippen LogP contribution in [0.15, 0.2) is 12.1 Å². The lowest BCUT2D eigenvalue weighted by Gasteiger charge is -2.24. The molecule has 0 radical (unpaired) electrons. The second kappa shape index (κ2) is 6.40. The van der Waals surface area contributed by atoms with E-state index in [4.69, 9.17) is 9.72 Å². The molecule has 6 heteroatoms. The number of carboxylic acids is 1. The maximum absolute atomic E-state index is 12.0. The third kappa shape index (κ3) is 2.64. The minimum absolute atomic E-state index is 0.103. The second-order valence-corrected chi connectivity index (χ2v) is 7.00. The summed E-state index contributed by atoms with van der Waals surface area (Å²) in [7, 11) is 3.52. The van der Waals surface area contributed by atoms with Crippen LogP contribution in [0.5, 0.6) is 5.75 Å². The number of rotatable bonds is 5. The third-order valence-corrected chi connectivity index (χ3v) is 5.46. The summed E-state index contributed by atoms with van der Waals surface area (Å²) in [6.07, 6.45) is 4.48. The number of fused-ring (bicyclic) bond motifs is 1. The highest BCUT2D eigenvalue weighted by molar-refractivity contribution is 5.93. The Morgan fingerprint density at radius 3 is 2.72 bits per heavy atom. The number of hydrogen-bond acceptors (Lipinski definition) is 4. The number of carbonyl (C=O) groups is 1. The van der Waals surface area contributed by atoms with Crippen LogP contribution in [0, 0.1) is 11.3 Å². The molecule has 1 aliphatic carbocycles. The van der Waals surface area contributed by atoms with Crippen LogP contribution in [0.25, 0.3) is 11.0 Å². The van der Waals surface area contributed by atoms with Crippen LogP contribution in [0.3, 0.4) is 0 Å². The van der Waals surface area contributed by atoms with Crippen molar-refractivity contribution in [2.45, 2.75) is 50.4 Å². The average Bonchev–Trinajstić information content (AvgIpc) is 3.22. The van der Waals surface area contributed by atoms with Crippen molar-refractivity contribution in [2.24, 2.45) is 7.05 Å². The van der Waals surface area contributed by atoms with Gasteiger partial charge in [0.2, 0.25) is 0 Å². The van der Waals surface area contributed by atoms with E-state index in [9.17, 15) is 15.2 Å². The molecule has 6 nitrogen and oxygen atoms in total. The first-order valence-electron chi connectivity index (χ1n) is 8.58. The Balaban J connectivity index is 2.30. The number of imidazole rings is 1. The van der Waals surface area contributed by atoms with E-state index in [0.717, 1.165) is 24.2 Å². The monoisotopic (exact) mass is 341 g/mol. The van der Waals surface area contributed by atoms with Gasteiger partial charge in [-0.05, 0) is 31.4 Å². The van der Waals surface area contributed by atoms with Crippen molar-refractivity contribution >= 4 is 17.0 Å². The van der Waals surface area contributed by atoms with Crippen molar-refractivity contribution in [3.63, 3.8) is 0 Å². The number of benzene rings is 1. The summed E-state index contributed by atoms with van der Waals surface area (Å²) in [5, 5.41) is 19.0. The molecule has 0 saturated heterocycles. The Kier molecular flexibility index (Phi) is 4.42. The van der Waals surface area contributed by atoms with Gasteiger partial charge in [-0.1, -0.05) is 18.9 Å². The number of methoxy groups -OCH3 is 1. The summed E-state index contributed by atoms with van der Waals surface area (Å²) in [5.41, 5.74) is 0.743. The van der Waals surface area contributed by atoms with Gasteiger partial charge in [-0.3, -0.25) is 4.79 Å². The summed E-state index contributed by atoms with van der Waals surface area (Å²) in [4.78, 5) is 16.8. The summed E-state index contributed by atoms with van der Waals surface area (Å²) in [6, 6.07) is 5.53. The number of nitriles is 1. The molecule has 2 aromatic rings. The molecule has 1 atom stereocenters. The van der Waals surface area contributed by atoms with Crippen LogP contribution < -0.4 is 4.74 Å². The molecule has 0 amide bonds. The number of hydrogen-bond donors (Lipinski definition) is 1. The lowest BCUT2D eigenvalue weighted by molar-refractivity contribution is -0.143. The average molecular weight is 341 g/mol. The number of aryl methyl sites for hydroxylation is 1. The van der Waals surface area contributed by atoms with Crippen LogP contribution in [0.2, 0.25) is 0 Å². The highest BCUT2D eigenvalue weighted by Gasteiger charge is 2.38. The van der Waals surface area contributed by atoms with E-state index in [-0.39, 0.29) is 6.42 Å². The highest BCUT2D eigenvalue weighted by Crippen LogP contribution is 2.41. The summed E-state index contributed by atoms with van der Waals surface area (Å²) in [6.45, 7) is 1.60. The fourth-order valence-electron chi connectivity index (χ4n) is 3.92. The van der Waals surface area contributed by atoms with Crippen LogP contribution in [0.4, 0.5) is 0 Å². The van der Waals surface area contributed by atoms with E-state index in [0.29, 0.717) is 22.7 Å². The van der Waals surface area contributed by atoms with Gasteiger partial charge in [0, 0.05) is 13.0 Å². The summed E-state index contributed by atoms with van der Waals surface area (Å²) < 4.78 is 7.46. The lowest BCUT2D eigenvalue weighted by Crippen LogP contribution is -2.32. The predicted molar refractivity (Wildman–Crippen MR) is 93.7 cm³/mol. The minimum atomic E-state index is -1.29. The summed E-state index contributed by atoms with van der Waals surface area (Å²) in [5.74, 6) is 0.984. The van der Waals surface area contributed by atoms with E-state index in [1.807, 2.05) is 17.7 Å². The predicted octanol–water partition coefficient (Wildman–Crippen LogP) is 3.50. The third-order valence-electron chi connectivity index (χ3n) is 5.46. The molecule has 1 aliphatic rings. The van der Waals surface area contributed by atoms with Gasteiger partial charge in [0.05, 0.1) is 25.1 Å². The first-order chi connectivity index (χ1) is 11.9. The number of aromatic nitrogens is 2. The van der Waals surface area contributed by atoms with E-state index in [2.05, 4.69) is 0 Å². The van der Waals surface area contributed by atoms with Crippen molar-refractivity contribution in [3.05, 3.63) is 23.5 Å². The van der Waals surface area contributed by atoms with Gasteiger partial charge in [0.25, 0.3) is 0 Å². The van der Waals surface area contributed by atoms with Crippen LogP contribution in [-0.4, -0.2) is 27.7 Å². The number of nitrogens with zero attached hydrogens (tertiary/aromatic N) is 3. The molecule has 1 aromatic heterocycles. The maximum atomic E-state index is 12.0. The van der Waals surface area contributed by atoms with Crippen molar-refractivity contribution in [1.82, 2.24) is 9.55 Å². The topological polar surface area (TPSA) is 88.1 Å². The molecule has 0 bridgehead atoms. The number of ether oxygens (including phenoxy) is 1. The van der Waals surface area contributed by atoms with Crippen LogP contribution in [0.1, 0.15) is 56.3 Å². The largest absolute Gasteiger partial charge is 0.494 e. The van der Waals surface area contributed by atoms with E-state index < -0.39 is 11.4 Å². The standard InChI is InChI=1S/C19H23N3O3/c1-19(10-11-20,18(23)24)13-8-9-14(25-3)15-16(13)22(2)17(21-15)12-6-4-5-7-12/h8-9,12H,4-7,10H2,1-3H3,(H,23,24).